The van der Waals surface area contributed by atoms with E-state index in [1.807, 2.05) is 31.2 Å². The maximum atomic E-state index is 12.5. The lowest BCUT2D eigenvalue weighted by Gasteiger charge is -2.34. The summed E-state index contributed by atoms with van der Waals surface area (Å²) in [4.78, 5) is 25.4. The number of primary amides is 1. The van der Waals surface area contributed by atoms with Crippen molar-refractivity contribution in [2.45, 2.75) is 32.2 Å². The van der Waals surface area contributed by atoms with Crippen molar-refractivity contribution >= 4 is 11.8 Å². The molecule has 0 saturated carbocycles. The Labute approximate surface area is 125 Å². The minimum Gasteiger partial charge on any atom is -0.368 e. The molecule has 21 heavy (non-hydrogen) atoms. The average molecular weight is 289 g/mol. The van der Waals surface area contributed by atoms with Gasteiger partial charge in [-0.05, 0) is 31.9 Å². The number of benzene rings is 1. The van der Waals surface area contributed by atoms with Gasteiger partial charge in [0.1, 0.15) is 0 Å². The number of hydrogen-bond acceptors (Lipinski definition) is 3. The van der Waals surface area contributed by atoms with E-state index in [1.54, 1.807) is 4.90 Å². The third kappa shape index (κ3) is 4.56. The van der Waals surface area contributed by atoms with Gasteiger partial charge in [0.25, 0.3) is 0 Å². The fourth-order valence-corrected chi connectivity index (χ4v) is 2.67. The molecule has 0 spiro atoms. The van der Waals surface area contributed by atoms with Crippen LogP contribution in [0.5, 0.6) is 0 Å². The number of carbonyl (C=O) groups excluding carboxylic acids is 2. The number of aryl methyl sites for hydroxylation is 1. The highest BCUT2D eigenvalue weighted by atomic mass is 16.2. The van der Waals surface area contributed by atoms with Gasteiger partial charge in [0, 0.05) is 12.6 Å². The second-order valence-corrected chi connectivity index (χ2v) is 5.65. The molecule has 0 aliphatic carbocycles. The molecular weight excluding hydrogens is 266 g/mol. The van der Waals surface area contributed by atoms with E-state index in [0.29, 0.717) is 6.42 Å². The molecule has 0 radical (unpaired) electrons. The lowest BCUT2D eigenvalue weighted by molar-refractivity contribution is -0.137. The monoisotopic (exact) mass is 289 g/mol. The Morgan fingerprint density at radius 1 is 1.33 bits per heavy atom. The van der Waals surface area contributed by atoms with E-state index >= 15 is 0 Å². The minimum atomic E-state index is -0.460. The fraction of sp³-hybridized carbons (Fsp3) is 0.500. The molecular formula is C16H23N3O2. The zero-order valence-corrected chi connectivity index (χ0v) is 12.5. The number of nitrogens with zero attached hydrogens (tertiary/aromatic N) is 1. The van der Waals surface area contributed by atoms with E-state index in [-0.39, 0.29) is 18.5 Å². The fourth-order valence-electron chi connectivity index (χ4n) is 2.67. The average Bonchev–Trinajstić information content (AvgIpc) is 2.48. The van der Waals surface area contributed by atoms with E-state index in [4.69, 9.17) is 5.73 Å². The SMILES string of the molecule is Cc1ccc(CC(=O)N(CC(N)=O)C2CCCNC2)cc1. The van der Waals surface area contributed by atoms with E-state index in [1.165, 1.54) is 0 Å². The third-order valence-corrected chi connectivity index (χ3v) is 3.83. The molecule has 1 saturated heterocycles. The van der Waals surface area contributed by atoms with Crippen LogP contribution in [0.15, 0.2) is 24.3 Å². The van der Waals surface area contributed by atoms with Crippen molar-refractivity contribution in [3.8, 4) is 0 Å². The first-order valence-electron chi connectivity index (χ1n) is 7.40. The maximum Gasteiger partial charge on any atom is 0.237 e. The van der Waals surface area contributed by atoms with Gasteiger partial charge in [-0.3, -0.25) is 9.59 Å². The summed E-state index contributed by atoms with van der Waals surface area (Å²) in [5, 5.41) is 3.27. The Balaban J connectivity index is 2.05. The molecule has 3 N–H and O–H groups in total. The van der Waals surface area contributed by atoms with Crippen molar-refractivity contribution in [2.75, 3.05) is 19.6 Å². The van der Waals surface area contributed by atoms with Crippen LogP contribution < -0.4 is 11.1 Å². The lowest BCUT2D eigenvalue weighted by Crippen LogP contribution is -2.51. The highest BCUT2D eigenvalue weighted by molar-refractivity contribution is 5.85. The van der Waals surface area contributed by atoms with Crippen molar-refractivity contribution in [2.24, 2.45) is 5.73 Å². The lowest BCUT2D eigenvalue weighted by atomic mass is 10.0. The molecule has 1 heterocycles. The van der Waals surface area contributed by atoms with Crippen molar-refractivity contribution in [3.05, 3.63) is 35.4 Å². The Kier molecular flexibility index (Phi) is 5.33. The van der Waals surface area contributed by atoms with Crippen LogP contribution in [0.4, 0.5) is 0 Å². The highest BCUT2D eigenvalue weighted by Crippen LogP contribution is 2.13. The van der Waals surface area contributed by atoms with Gasteiger partial charge in [-0.25, -0.2) is 0 Å². The molecule has 1 aromatic carbocycles. The predicted octanol–water partition coefficient (Wildman–Crippen LogP) is 0.603. The normalized spacial score (nSPS) is 18.2. The molecule has 1 atom stereocenters. The molecule has 1 aromatic rings. The molecule has 5 nitrogen and oxygen atoms in total. The summed E-state index contributed by atoms with van der Waals surface area (Å²) < 4.78 is 0. The molecule has 1 aliphatic heterocycles. The van der Waals surface area contributed by atoms with Crippen LogP contribution in [-0.2, 0) is 16.0 Å². The van der Waals surface area contributed by atoms with Crippen molar-refractivity contribution in [1.82, 2.24) is 10.2 Å². The quantitative estimate of drug-likeness (QED) is 0.833. The van der Waals surface area contributed by atoms with Gasteiger partial charge in [0.05, 0.1) is 13.0 Å². The maximum absolute atomic E-state index is 12.5. The van der Waals surface area contributed by atoms with Crippen molar-refractivity contribution in [1.29, 1.82) is 0 Å². The third-order valence-electron chi connectivity index (χ3n) is 3.83. The Bertz CT molecular complexity index is 493. The molecule has 1 aliphatic rings. The van der Waals surface area contributed by atoms with Gasteiger partial charge in [-0.1, -0.05) is 29.8 Å². The molecule has 0 aromatic heterocycles. The second kappa shape index (κ2) is 7.22. The molecule has 1 unspecified atom stereocenters. The Hall–Kier alpha value is -1.88. The summed E-state index contributed by atoms with van der Waals surface area (Å²) in [6.07, 6.45) is 2.24. The van der Waals surface area contributed by atoms with Crippen LogP contribution in [0.25, 0.3) is 0 Å². The number of rotatable bonds is 5. The first-order chi connectivity index (χ1) is 10.1. The standard InChI is InChI=1S/C16H23N3O2/c1-12-4-6-13(7-5-12)9-16(21)19(11-15(17)20)14-3-2-8-18-10-14/h4-7,14,18H,2-3,8-11H2,1H3,(H2,17,20). The van der Waals surface area contributed by atoms with Gasteiger partial charge in [0.2, 0.25) is 11.8 Å². The summed E-state index contributed by atoms with van der Waals surface area (Å²) in [5.74, 6) is -0.496. The van der Waals surface area contributed by atoms with Crippen LogP contribution >= 0.6 is 0 Å². The second-order valence-electron chi connectivity index (χ2n) is 5.65. The summed E-state index contributed by atoms with van der Waals surface area (Å²) >= 11 is 0. The van der Waals surface area contributed by atoms with E-state index in [0.717, 1.165) is 37.1 Å². The van der Waals surface area contributed by atoms with Gasteiger partial charge >= 0.3 is 0 Å². The number of piperidine rings is 1. The predicted molar refractivity (Wildman–Crippen MR) is 81.7 cm³/mol. The van der Waals surface area contributed by atoms with E-state index in [9.17, 15) is 9.59 Å². The molecule has 1 fully saturated rings. The topological polar surface area (TPSA) is 75.4 Å². The Morgan fingerprint density at radius 3 is 2.62 bits per heavy atom. The minimum absolute atomic E-state index is 0.00294. The highest BCUT2D eigenvalue weighted by Gasteiger charge is 2.26. The first-order valence-corrected chi connectivity index (χ1v) is 7.40. The number of amides is 2. The zero-order chi connectivity index (χ0) is 15.2. The van der Waals surface area contributed by atoms with Crippen LogP contribution in [0, 0.1) is 6.92 Å². The number of nitrogens with two attached hydrogens (primary N) is 1. The van der Waals surface area contributed by atoms with Crippen molar-refractivity contribution in [3.63, 3.8) is 0 Å². The summed E-state index contributed by atoms with van der Waals surface area (Å²) in [6.45, 7) is 3.70. The number of carbonyl (C=O) groups is 2. The summed E-state index contributed by atoms with van der Waals surface area (Å²) in [5.41, 5.74) is 7.42. The zero-order valence-electron chi connectivity index (χ0n) is 12.5. The van der Waals surface area contributed by atoms with Crippen molar-refractivity contribution < 1.29 is 9.59 Å². The van der Waals surface area contributed by atoms with Crippen LogP contribution in [0.3, 0.4) is 0 Å². The molecule has 0 bridgehead atoms. The summed E-state index contributed by atoms with van der Waals surface area (Å²) in [7, 11) is 0. The van der Waals surface area contributed by atoms with Crippen LogP contribution in [0.2, 0.25) is 0 Å². The van der Waals surface area contributed by atoms with Gasteiger partial charge < -0.3 is 16.0 Å². The van der Waals surface area contributed by atoms with Gasteiger partial charge in [-0.2, -0.15) is 0 Å². The smallest absolute Gasteiger partial charge is 0.237 e. The van der Waals surface area contributed by atoms with E-state index < -0.39 is 5.91 Å². The molecule has 114 valence electrons. The van der Waals surface area contributed by atoms with Gasteiger partial charge in [0.15, 0.2) is 0 Å². The van der Waals surface area contributed by atoms with Crippen LogP contribution in [0.1, 0.15) is 24.0 Å². The Morgan fingerprint density at radius 2 is 2.05 bits per heavy atom. The number of nitrogens with one attached hydrogen (secondary N) is 1. The molecule has 2 rings (SSSR count). The van der Waals surface area contributed by atoms with Crippen LogP contribution in [-0.4, -0.2) is 42.4 Å². The molecule has 2 amide bonds. The van der Waals surface area contributed by atoms with E-state index in [2.05, 4.69) is 5.32 Å². The number of hydrogen-bond donors (Lipinski definition) is 2. The summed E-state index contributed by atoms with van der Waals surface area (Å²) in [6, 6.07) is 7.94. The molecule has 5 heteroatoms. The van der Waals surface area contributed by atoms with Gasteiger partial charge in [-0.15, -0.1) is 0 Å². The first kappa shape index (κ1) is 15.5. The largest absolute Gasteiger partial charge is 0.368 e.